The Morgan fingerprint density at radius 3 is 1.07 bits per heavy atom. The number of rotatable bonds is 10. The molecule has 0 aliphatic rings. The van der Waals surface area contributed by atoms with Crippen LogP contribution in [0, 0.1) is 0 Å². The van der Waals surface area contributed by atoms with Crippen molar-refractivity contribution in [3.63, 3.8) is 0 Å². The predicted octanol–water partition coefficient (Wildman–Crippen LogP) is 5.31. The monoisotopic (exact) mass is 610 g/mol. The van der Waals surface area contributed by atoms with Gasteiger partial charge in [0, 0.05) is 16.8 Å². The number of carbonyl (C=O) groups is 6. The zero-order chi connectivity index (χ0) is 33.1. The van der Waals surface area contributed by atoms with E-state index in [2.05, 4.69) is 10.6 Å². The van der Waals surface area contributed by atoms with E-state index in [1.165, 1.54) is 24.3 Å². The Morgan fingerprint density at radius 1 is 0.467 bits per heavy atom. The summed E-state index contributed by atoms with van der Waals surface area (Å²) in [5.74, 6) is -7.60. The van der Waals surface area contributed by atoms with Crippen LogP contribution in [0.15, 0.2) is 84.9 Å². The normalized spacial score (nSPS) is 10.9. The van der Waals surface area contributed by atoms with Crippen molar-refractivity contribution in [3.8, 4) is 0 Å². The van der Waals surface area contributed by atoms with Crippen molar-refractivity contribution in [2.24, 2.45) is 0 Å². The van der Waals surface area contributed by atoms with Gasteiger partial charge >= 0.3 is 23.9 Å². The first kappa shape index (κ1) is 31.6. The van der Waals surface area contributed by atoms with E-state index in [0.29, 0.717) is 11.4 Å². The minimum Gasteiger partial charge on any atom is -0.478 e. The van der Waals surface area contributed by atoms with Gasteiger partial charge in [-0.2, -0.15) is 0 Å². The van der Waals surface area contributed by atoms with Crippen molar-refractivity contribution in [1.29, 1.82) is 0 Å². The summed E-state index contributed by atoms with van der Waals surface area (Å²) in [6, 6.07) is 20.8. The number of carboxylic acids is 4. The van der Waals surface area contributed by atoms with Gasteiger partial charge in [0.2, 0.25) is 0 Å². The second-order valence-electron chi connectivity index (χ2n) is 10.4. The van der Waals surface area contributed by atoms with Gasteiger partial charge in [-0.3, -0.25) is 9.59 Å². The molecule has 4 aromatic rings. The lowest BCUT2D eigenvalue weighted by molar-refractivity contribution is 0.0649. The van der Waals surface area contributed by atoms with Crippen molar-refractivity contribution in [1.82, 2.24) is 0 Å². The molecule has 0 aliphatic carbocycles. The summed E-state index contributed by atoms with van der Waals surface area (Å²) in [5.41, 5.74) is -1.02. The molecular weight excluding hydrogens is 584 g/mol. The van der Waals surface area contributed by atoms with Crippen LogP contribution in [0.1, 0.15) is 87.1 Å². The average Bonchev–Trinajstić information content (AvgIpc) is 3.00. The molecule has 6 N–H and O–H groups in total. The highest BCUT2D eigenvalue weighted by atomic mass is 16.4. The maximum atomic E-state index is 12.9. The van der Waals surface area contributed by atoms with Gasteiger partial charge in [0.25, 0.3) is 11.8 Å². The van der Waals surface area contributed by atoms with Gasteiger partial charge in [-0.1, -0.05) is 50.2 Å². The fourth-order valence-corrected chi connectivity index (χ4v) is 4.80. The number of aromatic carboxylic acids is 4. The van der Waals surface area contributed by atoms with E-state index in [-0.39, 0.29) is 11.1 Å². The SMILES string of the molecule is CC(C)(c1ccc(NC(=O)c2cccc(C(=O)O)c2C(=O)O)cc1)c1ccc(NC(=O)c2cccc(C(=O)O)c2C(=O)O)cc1. The molecule has 4 rings (SSSR count). The van der Waals surface area contributed by atoms with Gasteiger partial charge in [0.1, 0.15) is 0 Å². The summed E-state index contributed by atoms with van der Waals surface area (Å²) in [4.78, 5) is 72.0. The molecular formula is C33H26N2O10. The number of benzene rings is 4. The van der Waals surface area contributed by atoms with E-state index < -0.39 is 63.4 Å². The van der Waals surface area contributed by atoms with Crippen LogP contribution in [-0.4, -0.2) is 56.1 Å². The second-order valence-corrected chi connectivity index (χ2v) is 10.4. The lowest BCUT2D eigenvalue weighted by atomic mass is 9.78. The molecule has 0 saturated heterocycles. The molecule has 0 bridgehead atoms. The van der Waals surface area contributed by atoms with Crippen molar-refractivity contribution >= 4 is 47.1 Å². The molecule has 0 unspecified atom stereocenters. The summed E-state index contributed by atoms with van der Waals surface area (Å²) in [5, 5.41) is 42.8. The Labute approximate surface area is 255 Å². The maximum Gasteiger partial charge on any atom is 0.337 e. The quantitative estimate of drug-likeness (QED) is 0.136. The molecule has 12 heteroatoms. The molecule has 45 heavy (non-hydrogen) atoms. The first-order valence-corrected chi connectivity index (χ1v) is 13.2. The van der Waals surface area contributed by atoms with Crippen LogP contribution in [0.3, 0.4) is 0 Å². The summed E-state index contributed by atoms with van der Waals surface area (Å²) < 4.78 is 0. The number of amides is 2. The lowest BCUT2D eigenvalue weighted by Gasteiger charge is -2.26. The topological polar surface area (TPSA) is 207 Å². The number of hydrogen-bond acceptors (Lipinski definition) is 6. The third-order valence-corrected chi connectivity index (χ3v) is 7.24. The Bertz CT molecular complexity index is 1720. The number of nitrogens with one attached hydrogen (secondary N) is 2. The summed E-state index contributed by atoms with van der Waals surface area (Å²) in [6.45, 7) is 3.89. The van der Waals surface area contributed by atoms with Crippen LogP contribution in [-0.2, 0) is 5.41 Å². The molecule has 2 amide bonds. The fraction of sp³-hybridized carbons (Fsp3) is 0.0909. The van der Waals surface area contributed by atoms with Crippen molar-refractivity contribution < 1.29 is 49.2 Å². The van der Waals surface area contributed by atoms with Crippen LogP contribution in [0.2, 0.25) is 0 Å². The maximum absolute atomic E-state index is 12.9. The highest BCUT2D eigenvalue weighted by Crippen LogP contribution is 2.33. The second kappa shape index (κ2) is 12.5. The van der Waals surface area contributed by atoms with Gasteiger partial charge < -0.3 is 31.1 Å². The number of carboxylic acid groups (broad SMARTS) is 4. The third-order valence-electron chi connectivity index (χ3n) is 7.24. The van der Waals surface area contributed by atoms with E-state index in [1.807, 2.05) is 13.8 Å². The Balaban J connectivity index is 1.50. The van der Waals surface area contributed by atoms with E-state index in [9.17, 15) is 49.2 Å². The molecule has 0 atom stereocenters. The molecule has 0 heterocycles. The van der Waals surface area contributed by atoms with Crippen LogP contribution in [0.25, 0.3) is 0 Å². The van der Waals surface area contributed by atoms with Gasteiger partial charge in [-0.05, 0) is 59.7 Å². The standard InChI is InChI=1S/C33H26N2O10/c1-33(2,17-9-13-19(14-10-17)34-27(36)21-5-3-7-23(29(38)39)25(21)31(42)43)18-11-15-20(16-12-18)35-28(37)22-6-4-8-24(30(40)41)26(22)32(44)45/h3-16H,1-2H3,(H,34,36)(H,35,37)(H,38,39)(H,40,41)(H,42,43)(H,44,45). The Hall–Kier alpha value is -6.30. The van der Waals surface area contributed by atoms with E-state index >= 15 is 0 Å². The number of anilines is 2. The molecule has 0 aliphatic heterocycles. The summed E-state index contributed by atoms with van der Waals surface area (Å²) in [7, 11) is 0. The van der Waals surface area contributed by atoms with Gasteiger partial charge in [-0.25, -0.2) is 19.2 Å². The van der Waals surface area contributed by atoms with Crippen molar-refractivity contribution in [2.45, 2.75) is 19.3 Å². The van der Waals surface area contributed by atoms with E-state index in [0.717, 1.165) is 23.3 Å². The zero-order valence-electron chi connectivity index (χ0n) is 23.8. The average molecular weight is 611 g/mol. The highest BCUT2D eigenvalue weighted by molar-refractivity contribution is 6.15. The van der Waals surface area contributed by atoms with Gasteiger partial charge in [0.15, 0.2) is 0 Å². The van der Waals surface area contributed by atoms with Crippen LogP contribution in [0.4, 0.5) is 11.4 Å². The van der Waals surface area contributed by atoms with Crippen LogP contribution < -0.4 is 10.6 Å². The molecule has 0 saturated carbocycles. The van der Waals surface area contributed by atoms with Crippen molar-refractivity contribution in [2.75, 3.05) is 10.6 Å². The fourth-order valence-electron chi connectivity index (χ4n) is 4.80. The first-order valence-electron chi connectivity index (χ1n) is 13.2. The number of hydrogen-bond donors (Lipinski definition) is 6. The molecule has 4 aromatic carbocycles. The Kier molecular flexibility index (Phi) is 8.80. The summed E-state index contributed by atoms with van der Waals surface area (Å²) in [6.07, 6.45) is 0. The van der Waals surface area contributed by atoms with Crippen LogP contribution in [0.5, 0.6) is 0 Å². The third kappa shape index (κ3) is 6.54. The molecule has 12 nitrogen and oxygen atoms in total. The van der Waals surface area contributed by atoms with Crippen LogP contribution >= 0.6 is 0 Å². The minimum atomic E-state index is -1.54. The van der Waals surface area contributed by atoms with E-state index in [4.69, 9.17) is 0 Å². The van der Waals surface area contributed by atoms with E-state index in [1.54, 1.807) is 48.5 Å². The van der Waals surface area contributed by atoms with Crippen molar-refractivity contribution in [3.05, 3.63) is 129 Å². The summed E-state index contributed by atoms with van der Waals surface area (Å²) >= 11 is 0. The minimum absolute atomic E-state index is 0.298. The molecule has 0 fully saturated rings. The van der Waals surface area contributed by atoms with Gasteiger partial charge in [0.05, 0.1) is 33.4 Å². The molecule has 228 valence electrons. The first-order chi connectivity index (χ1) is 21.2. The largest absolute Gasteiger partial charge is 0.478 e. The number of carbonyl (C=O) groups excluding carboxylic acids is 2. The highest BCUT2D eigenvalue weighted by Gasteiger charge is 2.27. The zero-order valence-corrected chi connectivity index (χ0v) is 23.8. The Morgan fingerprint density at radius 2 is 0.778 bits per heavy atom. The smallest absolute Gasteiger partial charge is 0.337 e. The molecule has 0 radical (unpaired) electrons. The lowest BCUT2D eigenvalue weighted by Crippen LogP contribution is -2.21. The molecule has 0 aromatic heterocycles. The predicted molar refractivity (Wildman–Crippen MR) is 162 cm³/mol. The van der Waals surface area contributed by atoms with Gasteiger partial charge in [-0.15, -0.1) is 0 Å². The molecule has 0 spiro atoms.